The van der Waals surface area contributed by atoms with Crippen LogP contribution >= 0.6 is 11.3 Å². The average Bonchev–Trinajstić information content (AvgIpc) is 3.41. The molecule has 3 aromatic heterocycles. The first kappa shape index (κ1) is 17.0. The third-order valence-electron chi connectivity index (χ3n) is 4.78. The summed E-state index contributed by atoms with van der Waals surface area (Å²) in [6.07, 6.45) is 10.1. The molecule has 4 heterocycles. The lowest BCUT2D eigenvalue weighted by atomic mass is 10.0. The molecule has 26 heavy (non-hydrogen) atoms. The zero-order valence-electron chi connectivity index (χ0n) is 15.0. The van der Waals surface area contributed by atoms with Crippen molar-refractivity contribution < 1.29 is 4.79 Å². The van der Waals surface area contributed by atoms with Crippen molar-refractivity contribution in [2.45, 2.75) is 39.2 Å². The van der Waals surface area contributed by atoms with Crippen molar-refractivity contribution in [2.75, 3.05) is 13.1 Å². The molecule has 0 unspecified atom stereocenters. The summed E-state index contributed by atoms with van der Waals surface area (Å²) in [5.74, 6) is 0.0404. The van der Waals surface area contributed by atoms with Gasteiger partial charge in [0, 0.05) is 30.9 Å². The van der Waals surface area contributed by atoms with E-state index in [2.05, 4.69) is 28.3 Å². The first-order valence-electron chi connectivity index (χ1n) is 8.93. The van der Waals surface area contributed by atoms with Crippen LogP contribution in [0.25, 0.3) is 5.13 Å². The van der Waals surface area contributed by atoms with E-state index in [-0.39, 0.29) is 5.91 Å². The number of carbonyl (C=O) groups excluding carboxylic acids is 1. The molecule has 3 aromatic rings. The van der Waals surface area contributed by atoms with Crippen molar-refractivity contribution >= 4 is 17.2 Å². The molecule has 8 heteroatoms. The van der Waals surface area contributed by atoms with E-state index in [1.165, 1.54) is 5.56 Å². The predicted molar refractivity (Wildman–Crippen MR) is 99.8 cm³/mol. The summed E-state index contributed by atoms with van der Waals surface area (Å²) in [7, 11) is 0. The molecule has 0 N–H and O–H groups in total. The number of carbonyl (C=O) groups is 1. The molecule has 1 amide bonds. The highest BCUT2D eigenvalue weighted by atomic mass is 32.1. The third-order valence-corrected chi connectivity index (χ3v) is 5.66. The van der Waals surface area contributed by atoms with E-state index in [4.69, 9.17) is 0 Å². The summed E-state index contributed by atoms with van der Waals surface area (Å²) >= 11 is 1.54. The molecular weight excluding hydrogens is 348 g/mol. The number of aromatic nitrogens is 5. The number of rotatable bonds is 4. The molecule has 0 saturated carbocycles. The van der Waals surface area contributed by atoms with Crippen molar-refractivity contribution in [2.24, 2.45) is 0 Å². The van der Waals surface area contributed by atoms with Gasteiger partial charge in [0.25, 0.3) is 5.91 Å². The van der Waals surface area contributed by atoms with Gasteiger partial charge in [0.15, 0.2) is 0 Å². The van der Waals surface area contributed by atoms with Crippen LogP contribution in [-0.2, 0) is 6.42 Å². The van der Waals surface area contributed by atoms with Gasteiger partial charge in [-0.05, 0) is 31.7 Å². The van der Waals surface area contributed by atoms with Crippen molar-refractivity contribution in [1.29, 1.82) is 0 Å². The fourth-order valence-electron chi connectivity index (χ4n) is 3.25. The minimum Gasteiger partial charge on any atom is -0.338 e. The fourth-order valence-corrected chi connectivity index (χ4v) is 4.09. The maximum Gasteiger partial charge on any atom is 0.257 e. The molecular formula is C18H22N6OS. The number of aryl methyl sites for hydroxylation is 2. The zero-order chi connectivity index (χ0) is 18.1. The van der Waals surface area contributed by atoms with Crippen molar-refractivity contribution in [1.82, 2.24) is 29.4 Å². The summed E-state index contributed by atoms with van der Waals surface area (Å²) in [5.41, 5.74) is 2.83. The third kappa shape index (κ3) is 3.29. The predicted octanol–water partition coefficient (Wildman–Crippen LogP) is 2.87. The van der Waals surface area contributed by atoms with Crippen LogP contribution < -0.4 is 0 Å². The summed E-state index contributed by atoms with van der Waals surface area (Å²) in [4.78, 5) is 19.2. The molecule has 0 aromatic carbocycles. The summed E-state index contributed by atoms with van der Waals surface area (Å²) < 4.78 is 3.72. The van der Waals surface area contributed by atoms with Gasteiger partial charge in [-0.25, -0.2) is 9.67 Å². The first-order valence-corrected chi connectivity index (χ1v) is 9.81. The number of likely N-dealkylation sites (tertiary alicyclic amines) is 1. The van der Waals surface area contributed by atoms with Crippen LogP contribution in [0.1, 0.15) is 47.4 Å². The topological polar surface area (TPSA) is 68.8 Å². The number of hydrogen-bond donors (Lipinski definition) is 0. The van der Waals surface area contributed by atoms with Crippen LogP contribution in [-0.4, -0.2) is 48.4 Å². The Hall–Kier alpha value is -2.48. The Bertz CT molecular complexity index is 902. The molecule has 0 bridgehead atoms. The normalized spacial score (nSPS) is 15.5. The average molecular weight is 370 g/mol. The van der Waals surface area contributed by atoms with Crippen molar-refractivity contribution in [3.63, 3.8) is 0 Å². The lowest BCUT2D eigenvalue weighted by Gasteiger charge is -2.31. The van der Waals surface area contributed by atoms with E-state index in [9.17, 15) is 4.79 Å². The number of nitrogens with zero attached hydrogens (tertiary/aromatic N) is 6. The van der Waals surface area contributed by atoms with E-state index < -0.39 is 0 Å². The minimum absolute atomic E-state index is 0.0404. The van der Waals surface area contributed by atoms with E-state index in [1.807, 2.05) is 28.1 Å². The highest BCUT2D eigenvalue weighted by Gasteiger charge is 2.25. The number of hydrogen-bond acceptors (Lipinski definition) is 5. The monoisotopic (exact) mass is 370 g/mol. The summed E-state index contributed by atoms with van der Waals surface area (Å²) in [5, 5.41) is 11.6. The second kappa shape index (κ2) is 7.03. The second-order valence-electron chi connectivity index (χ2n) is 6.67. The molecule has 7 nitrogen and oxygen atoms in total. The van der Waals surface area contributed by atoms with Crippen LogP contribution in [0.3, 0.4) is 0 Å². The Labute approximate surface area is 156 Å². The second-order valence-corrected chi connectivity index (χ2v) is 7.51. The highest BCUT2D eigenvalue weighted by Crippen LogP contribution is 2.23. The van der Waals surface area contributed by atoms with Crippen molar-refractivity contribution in [3.05, 3.63) is 47.0 Å². The summed E-state index contributed by atoms with van der Waals surface area (Å²) in [6, 6.07) is 0.373. The molecule has 0 atom stereocenters. The Morgan fingerprint density at radius 3 is 2.69 bits per heavy atom. The molecule has 1 fully saturated rings. The quantitative estimate of drug-likeness (QED) is 0.708. The Morgan fingerprint density at radius 2 is 2.04 bits per heavy atom. The van der Waals surface area contributed by atoms with Crippen molar-refractivity contribution in [3.8, 4) is 5.13 Å². The molecule has 1 aliphatic heterocycles. The Kier molecular flexibility index (Phi) is 4.58. The molecule has 4 rings (SSSR count). The highest BCUT2D eigenvalue weighted by molar-refractivity contribution is 7.12. The van der Waals surface area contributed by atoms with E-state index in [0.29, 0.717) is 11.6 Å². The maximum absolute atomic E-state index is 12.8. The Balaban J connectivity index is 1.41. The van der Waals surface area contributed by atoms with Gasteiger partial charge < -0.3 is 4.90 Å². The van der Waals surface area contributed by atoms with E-state index >= 15 is 0 Å². The van der Waals surface area contributed by atoms with Crippen LogP contribution in [0.4, 0.5) is 0 Å². The van der Waals surface area contributed by atoms with Crippen LogP contribution in [0, 0.1) is 6.92 Å². The van der Waals surface area contributed by atoms with Gasteiger partial charge in [0.1, 0.15) is 0 Å². The SMILES string of the molecule is CCc1csc(-n2cc(C(=O)N3CCC(n4cc(C)cn4)CC3)cn2)n1. The largest absolute Gasteiger partial charge is 0.338 e. The van der Waals surface area contributed by atoms with Gasteiger partial charge in [-0.15, -0.1) is 11.3 Å². The van der Waals surface area contributed by atoms with Gasteiger partial charge in [0.05, 0.1) is 29.7 Å². The van der Waals surface area contributed by atoms with Crippen LogP contribution in [0.5, 0.6) is 0 Å². The lowest BCUT2D eigenvalue weighted by molar-refractivity contribution is 0.0690. The molecule has 1 aliphatic rings. The van der Waals surface area contributed by atoms with Crippen LogP contribution in [0.2, 0.25) is 0 Å². The fraction of sp³-hybridized carbons (Fsp3) is 0.444. The van der Waals surface area contributed by atoms with E-state index in [0.717, 1.165) is 43.2 Å². The Morgan fingerprint density at radius 1 is 1.23 bits per heavy atom. The van der Waals surface area contributed by atoms with Gasteiger partial charge in [-0.3, -0.25) is 9.48 Å². The smallest absolute Gasteiger partial charge is 0.257 e. The van der Waals surface area contributed by atoms with Crippen LogP contribution in [0.15, 0.2) is 30.2 Å². The van der Waals surface area contributed by atoms with E-state index in [1.54, 1.807) is 28.4 Å². The van der Waals surface area contributed by atoms with Gasteiger partial charge in [-0.1, -0.05) is 6.92 Å². The van der Waals surface area contributed by atoms with Gasteiger partial charge >= 0.3 is 0 Å². The molecule has 136 valence electrons. The number of piperidine rings is 1. The molecule has 1 saturated heterocycles. The zero-order valence-corrected chi connectivity index (χ0v) is 15.8. The minimum atomic E-state index is 0.0404. The van der Waals surface area contributed by atoms with Gasteiger partial charge in [-0.2, -0.15) is 10.2 Å². The standard InChI is InChI=1S/C18H22N6OS/c1-3-15-12-26-18(21-15)24-11-14(9-20-24)17(25)22-6-4-16(5-7-22)23-10-13(2)8-19-23/h8-12,16H,3-7H2,1-2H3. The molecule has 0 spiro atoms. The number of amides is 1. The maximum atomic E-state index is 12.8. The molecule has 0 aliphatic carbocycles. The molecule has 0 radical (unpaired) electrons. The summed E-state index contributed by atoms with van der Waals surface area (Å²) in [6.45, 7) is 5.60. The number of thiazole rings is 1. The first-order chi connectivity index (χ1) is 12.6. The lowest BCUT2D eigenvalue weighted by Crippen LogP contribution is -2.39. The van der Waals surface area contributed by atoms with Gasteiger partial charge in [0.2, 0.25) is 5.13 Å².